The Morgan fingerprint density at radius 2 is 1.77 bits per heavy atom. The number of halogens is 3. The van der Waals surface area contributed by atoms with Gasteiger partial charge in [-0.15, -0.1) is 0 Å². The van der Waals surface area contributed by atoms with Crippen LogP contribution in [0, 0.1) is 6.92 Å². The normalized spacial score (nSPS) is 13.8. The number of fused-ring (bicyclic) bond motifs is 1. The summed E-state index contributed by atoms with van der Waals surface area (Å²) in [5.41, 5.74) is 4.98. The summed E-state index contributed by atoms with van der Waals surface area (Å²) in [5, 5.41) is 10.5. The van der Waals surface area contributed by atoms with E-state index in [-0.39, 0.29) is 0 Å². The molecule has 0 saturated heterocycles. The van der Waals surface area contributed by atoms with Crippen LogP contribution < -0.4 is 5.32 Å². The number of nitrogens with zero attached hydrogens (tertiary/aromatic N) is 2. The van der Waals surface area contributed by atoms with Crippen LogP contribution in [0.2, 0.25) is 15.1 Å². The molecule has 2 aromatic carbocycles. The first-order chi connectivity index (χ1) is 12.5. The minimum absolute atomic E-state index is 0.646. The number of hydrogen-bond donors (Lipinski definition) is 1. The van der Waals surface area contributed by atoms with Gasteiger partial charge in [-0.25, -0.2) is 4.68 Å². The lowest BCUT2D eigenvalue weighted by Crippen LogP contribution is -2.08. The molecule has 0 bridgehead atoms. The Morgan fingerprint density at radius 3 is 2.62 bits per heavy atom. The fraction of sp³-hybridized carbons (Fsp3) is 0.250. The molecule has 0 atom stereocenters. The molecular formula is C20H18Cl3N3. The third-order valence-corrected chi connectivity index (χ3v) is 5.51. The van der Waals surface area contributed by atoms with Gasteiger partial charge >= 0.3 is 0 Å². The summed E-state index contributed by atoms with van der Waals surface area (Å²) in [6, 6.07) is 11.3. The third-order valence-electron chi connectivity index (χ3n) is 4.71. The molecule has 2 heterocycles. The molecule has 6 heteroatoms. The van der Waals surface area contributed by atoms with Crippen molar-refractivity contribution in [3.63, 3.8) is 0 Å². The lowest BCUT2D eigenvalue weighted by molar-refractivity contribution is 0.779. The molecule has 0 fully saturated rings. The molecule has 1 aliphatic heterocycles. The molecule has 0 aliphatic carbocycles. The summed E-state index contributed by atoms with van der Waals surface area (Å²) >= 11 is 19.0. The number of rotatable bonds is 2. The van der Waals surface area contributed by atoms with Crippen molar-refractivity contribution in [3.8, 4) is 16.9 Å². The minimum atomic E-state index is 0.646. The lowest BCUT2D eigenvalue weighted by Gasteiger charge is -2.12. The Hall–Kier alpha value is -1.68. The van der Waals surface area contributed by atoms with Crippen molar-refractivity contribution in [2.45, 2.75) is 26.2 Å². The first-order valence-electron chi connectivity index (χ1n) is 8.62. The molecule has 1 aromatic heterocycles. The topological polar surface area (TPSA) is 29.9 Å². The predicted octanol–water partition coefficient (Wildman–Crippen LogP) is 6.56. The number of benzene rings is 2. The van der Waals surface area contributed by atoms with Crippen molar-refractivity contribution < 1.29 is 0 Å². The highest BCUT2D eigenvalue weighted by Gasteiger charge is 2.23. The third kappa shape index (κ3) is 3.20. The lowest BCUT2D eigenvalue weighted by atomic mass is 10.0. The Labute approximate surface area is 167 Å². The summed E-state index contributed by atoms with van der Waals surface area (Å²) in [7, 11) is 0. The van der Waals surface area contributed by atoms with E-state index in [0.717, 1.165) is 54.1 Å². The SMILES string of the molecule is Cc1ccc(Cl)cc1-n1nc(-c2cc(Cl)ccc2Cl)c2c1NCCCC2. The van der Waals surface area contributed by atoms with Crippen molar-refractivity contribution in [2.24, 2.45) is 0 Å². The van der Waals surface area contributed by atoms with E-state index in [1.165, 1.54) is 5.56 Å². The number of aromatic nitrogens is 2. The fourth-order valence-electron chi connectivity index (χ4n) is 3.38. The fourth-order valence-corrected chi connectivity index (χ4v) is 3.93. The Balaban J connectivity index is 1.98. The van der Waals surface area contributed by atoms with Crippen molar-refractivity contribution in [2.75, 3.05) is 11.9 Å². The van der Waals surface area contributed by atoms with E-state index >= 15 is 0 Å². The molecule has 0 unspecified atom stereocenters. The van der Waals surface area contributed by atoms with Crippen LogP contribution >= 0.6 is 34.8 Å². The summed E-state index contributed by atoms with van der Waals surface area (Å²) < 4.78 is 1.95. The summed E-state index contributed by atoms with van der Waals surface area (Å²) in [6.07, 6.45) is 3.16. The van der Waals surface area contributed by atoms with Crippen LogP contribution in [0.1, 0.15) is 24.0 Å². The van der Waals surface area contributed by atoms with Crippen molar-refractivity contribution in [1.29, 1.82) is 0 Å². The Morgan fingerprint density at radius 1 is 1.00 bits per heavy atom. The molecule has 1 aliphatic rings. The van der Waals surface area contributed by atoms with Gasteiger partial charge in [-0.3, -0.25) is 0 Å². The molecule has 4 rings (SSSR count). The van der Waals surface area contributed by atoms with Gasteiger partial charge in [-0.05, 0) is 62.1 Å². The van der Waals surface area contributed by atoms with E-state index in [2.05, 4.69) is 12.2 Å². The van der Waals surface area contributed by atoms with Crippen LogP contribution in [0.4, 0.5) is 5.82 Å². The van der Waals surface area contributed by atoms with Crippen LogP contribution in [0.3, 0.4) is 0 Å². The number of aryl methyl sites for hydroxylation is 1. The van der Waals surface area contributed by atoms with E-state index in [1.54, 1.807) is 6.07 Å². The highest BCUT2D eigenvalue weighted by molar-refractivity contribution is 6.35. The highest BCUT2D eigenvalue weighted by Crippen LogP contribution is 2.38. The zero-order chi connectivity index (χ0) is 18.3. The van der Waals surface area contributed by atoms with Crippen molar-refractivity contribution in [3.05, 3.63) is 62.6 Å². The van der Waals surface area contributed by atoms with E-state index < -0.39 is 0 Å². The second-order valence-electron chi connectivity index (χ2n) is 6.53. The second-order valence-corrected chi connectivity index (χ2v) is 7.81. The monoisotopic (exact) mass is 405 g/mol. The molecular weight excluding hydrogens is 389 g/mol. The Kier molecular flexibility index (Phi) is 4.87. The smallest absolute Gasteiger partial charge is 0.133 e. The molecule has 1 N–H and O–H groups in total. The van der Waals surface area contributed by atoms with Gasteiger partial charge in [-0.1, -0.05) is 40.9 Å². The summed E-state index contributed by atoms with van der Waals surface area (Å²) in [5.74, 6) is 1.01. The summed E-state index contributed by atoms with van der Waals surface area (Å²) in [6.45, 7) is 2.98. The van der Waals surface area contributed by atoms with E-state index in [9.17, 15) is 0 Å². The van der Waals surface area contributed by atoms with Gasteiger partial charge in [0.2, 0.25) is 0 Å². The quantitative estimate of drug-likeness (QED) is 0.522. The maximum Gasteiger partial charge on any atom is 0.133 e. The van der Waals surface area contributed by atoms with Gasteiger partial charge in [0, 0.05) is 27.7 Å². The molecule has 0 amide bonds. The van der Waals surface area contributed by atoms with Gasteiger partial charge in [0.15, 0.2) is 0 Å². The first kappa shape index (κ1) is 17.7. The van der Waals surface area contributed by atoms with Crippen LogP contribution in [0.5, 0.6) is 0 Å². The molecule has 3 aromatic rings. The molecule has 26 heavy (non-hydrogen) atoms. The average Bonchev–Trinajstić information content (AvgIpc) is 2.80. The van der Waals surface area contributed by atoms with Gasteiger partial charge in [0.05, 0.1) is 16.4 Å². The van der Waals surface area contributed by atoms with E-state index in [1.807, 2.05) is 35.0 Å². The van der Waals surface area contributed by atoms with Gasteiger partial charge in [0.1, 0.15) is 5.82 Å². The van der Waals surface area contributed by atoms with Crippen molar-refractivity contribution in [1.82, 2.24) is 9.78 Å². The standard InChI is InChI=1S/C20H18Cl3N3/c1-12-5-6-14(22)11-18(12)26-20-15(4-2-3-9-24-20)19(25-26)16-10-13(21)7-8-17(16)23/h5-8,10-11,24H,2-4,9H2,1H3. The zero-order valence-corrected chi connectivity index (χ0v) is 16.6. The maximum absolute atomic E-state index is 6.48. The van der Waals surface area contributed by atoms with Crippen molar-refractivity contribution >= 4 is 40.6 Å². The number of hydrogen-bond acceptors (Lipinski definition) is 2. The number of nitrogens with one attached hydrogen (secondary N) is 1. The first-order valence-corrected chi connectivity index (χ1v) is 9.75. The van der Waals surface area contributed by atoms with E-state index in [0.29, 0.717) is 15.1 Å². The predicted molar refractivity (Wildman–Crippen MR) is 110 cm³/mol. The average molecular weight is 407 g/mol. The highest BCUT2D eigenvalue weighted by atomic mass is 35.5. The van der Waals surface area contributed by atoms with Gasteiger partial charge in [0.25, 0.3) is 0 Å². The largest absolute Gasteiger partial charge is 0.370 e. The molecule has 134 valence electrons. The second kappa shape index (κ2) is 7.15. The van der Waals surface area contributed by atoms with E-state index in [4.69, 9.17) is 39.9 Å². The molecule has 0 radical (unpaired) electrons. The van der Waals surface area contributed by atoms with Crippen LogP contribution in [0.25, 0.3) is 16.9 Å². The Bertz CT molecular complexity index is 903. The van der Waals surface area contributed by atoms with Crippen LogP contribution in [-0.4, -0.2) is 16.3 Å². The molecule has 3 nitrogen and oxygen atoms in total. The minimum Gasteiger partial charge on any atom is -0.370 e. The maximum atomic E-state index is 6.48. The zero-order valence-electron chi connectivity index (χ0n) is 14.3. The summed E-state index contributed by atoms with van der Waals surface area (Å²) in [4.78, 5) is 0. The van der Waals surface area contributed by atoms with Gasteiger partial charge < -0.3 is 5.32 Å². The molecule has 0 spiro atoms. The van der Waals surface area contributed by atoms with Gasteiger partial charge in [-0.2, -0.15) is 5.10 Å². The van der Waals surface area contributed by atoms with Crippen LogP contribution in [-0.2, 0) is 6.42 Å². The van der Waals surface area contributed by atoms with Crippen LogP contribution in [0.15, 0.2) is 36.4 Å². The molecule has 0 saturated carbocycles. The number of anilines is 1.